The number of amides is 2. The van der Waals surface area contributed by atoms with Gasteiger partial charge in [-0.15, -0.1) is 0 Å². The molecule has 2 aromatic carbocycles. The number of rotatable bonds is 7. The van der Waals surface area contributed by atoms with E-state index in [1.165, 1.54) is 0 Å². The van der Waals surface area contributed by atoms with E-state index in [2.05, 4.69) is 15.2 Å². The van der Waals surface area contributed by atoms with Gasteiger partial charge >= 0.3 is 0 Å². The predicted molar refractivity (Wildman–Crippen MR) is 132 cm³/mol. The van der Waals surface area contributed by atoms with Crippen LogP contribution in [0.3, 0.4) is 0 Å². The Morgan fingerprint density at radius 1 is 1.12 bits per heavy atom. The lowest BCUT2D eigenvalue weighted by atomic mass is 10.1. The Balaban J connectivity index is 1.41. The predicted octanol–water partition coefficient (Wildman–Crippen LogP) is 1.48. The summed E-state index contributed by atoms with van der Waals surface area (Å²) in [5.74, 6) is 1.45. The summed E-state index contributed by atoms with van der Waals surface area (Å²) in [5.41, 5.74) is 2.96. The minimum atomic E-state index is -0.410. The zero-order valence-corrected chi connectivity index (χ0v) is 20.2. The van der Waals surface area contributed by atoms with Gasteiger partial charge in [-0.1, -0.05) is 12.1 Å². The van der Waals surface area contributed by atoms with Gasteiger partial charge in [0, 0.05) is 46.5 Å². The molecule has 0 aliphatic carbocycles. The van der Waals surface area contributed by atoms with E-state index in [1.807, 2.05) is 65.0 Å². The number of para-hydroxylation sites is 2. The fourth-order valence-corrected chi connectivity index (χ4v) is 4.34. The van der Waals surface area contributed by atoms with E-state index in [0.29, 0.717) is 19.6 Å². The molecule has 9 nitrogen and oxygen atoms in total. The summed E-state index contributed by atoms with van der Waals surface area (Å²) >= 11 is 0. The van der Waals surface area contributed by atoms with Gasteiger partial charge in [0.05, 0.1) is 31.2 Å². The van der Waals surface area contributed by atoms with Crippen molar-refractivity contribution in [3.8, 4) is 5.75 Å². The highest BCUT2D eigenvalue weighted by Gasteiger charge is 2.34. The van der Waals surface area contributed by atoms with E-state index in [1.54, 1.807) is 26.1 Å². The summed E-state index contributed by atoms with van der Waals surface area (Å²) in [4.78, 5) is 36.2. The Kier molecular flexibility index (Phi) is 7.02. The molecule has 2 amide bonds. The Labute approximate surface area is 199 Å². The summed E-state index contributed by atoms with van der Waals surface area (Å²) in [7, 11) is 7.08. The molecule has 0 saturated carbocycles. The van der Waals surface area contributed by atoms with Crippen LogP contribution in [0, 0.1) is 0 Å². The summed E-state index contributed by atoms with van der Waals surface area (Å²) < 4.78 is 7.24. The lowest BCUT2D eigenvalue weighted by molar-refractivity contribution is -0.136. The second kappa shape index (κ2) is 10.1. The number of carbonyl (C=O) groups is 2. The van der Waals surface area contributed by atoms with Gasteiger partial charge in [-0.3, -0.25) is 14.5 Å². The van der Waals surface area contributed by atoms with E-state index < -0.39 is 6.04 Å². The molecule has 9 heteroatoms. The van der Waals surface area contributed by atoms with Crippen molar-refractivity contribution >= 4 is 28.5 Å². The fraction of sp³-hybridized carbons (Fsp3) is 0.400. The molecular weight excluding hydrogens is 432 g/mol. The first-order valence-electron chi connectivity index (χ1n) is 11.4. The molecule has 0 unspecified atom stereocenters. The number of aryl methyl sites for hydroxylation is 1. The molecule has 2 heterocycles. The van der Waals surface area contributed by atoms with E-state index in [4.69, 9.17) is 4.74 Å². The summed E-state index contributed by atoms with van der Waals surface area (Å²) in [6.45, 7) is 2.34. The fourth-order valence-electron chi connectivity index (χ4n) is 4.34. The van der Waals surface area contributed by atoms with E-state index in [9.17, 15) is 9.59 Å². The number of aromatic nitrogens is 2. The number of likely N-dealkylation sites (N-methyl/N-ethyl adjacent to an activating group) is 1. The van der Waals surface area contributed by atoms with Crippen LogP contribution < -0.4 is 15.0 Å². The maximum absolute atomic E-state index is 13.0. The number of nitrogens with zero attached hydrogens (tertiary/aromatic N) is 5. The number of hydrogen-bond donors (Lipinski definition) is 1. The largest absolute Gasteiger partial charge is 0.497 e. The van der Waals surface area contributed by atoms with Crippen molar-refractivity contribution in [2.24, 2.45) is 7.05 Å². The van der Waals surface area contributed by atoms with Crippen molar-refractivity contribution in [2.45, 2.75) is 12.6 Å². The summed E-state index contributed by atoms with van der Waals surface area (Å²) in [6.07, 6.45) is 0. The quantitative estimate of drug-likeness (QED) is 0.570. The van der Waals surface area contributed by atoms with Crippen LogP contribution in [-0.2, 0) is 23.2 Å². The molecule has 1 fully saturated rings. The lowest BCUT2D eigenvalue weighted by Crippen LogP contribution is -2.60. The number of imidazole rings is 1. The van der Waals surface area contributed by atoms with Crippen molar-refractivity contribution in [2.75, 3.05) is 52.3 Å². The van der Waals surface area contributed by atoms with Crippen molar-refractivity contribution in [3.63, 3.8) is 0 Å². The number of fused-ring (bicyclic) bond motifs is 1. The first kappa shape index (κ1) is 23.6. The van der Waals surface area contributed by atoms with Crippen molar-refractivity contribution < 1.29 is 14.3 Å². The topological polar surface area (TPSA) is 82.9 Å². The van der Waals surface area contributed by atoms with Gasteiger partial charge in [0.1, 0.15) is 17.6 Å². The first-order valence-corrected chi connectivity index (χ1v) is 11.4. The van der Waals surface area contributed by atoms with Gasteiger partial charge in [0.2, 0.25) is 11.8 Å². The van der Waals surface area contributed by atoms with Crippen molar-refractivity contribution in [1.29, 1.82) is 0 Å². The van der Waals surface area contributed by atoms with Gasteiger partial charge < -0.3 is 24.4 Å². The lowest BCUT2D eigenvalue weighted by Gasteiger charge is -2.42. The van der Waals surface area contributed by atoms with Gasteiger partial charge in [0.25, 0.3) is 0 Å². The zero-order valence-electron chi connectivity index (χ0n) is 20.2. The Bertz CT molecular complexity index is 1160. The van der Waals surface area contributed by atoms with Gasteiger partial charge in [-0.05, 0) is 36.4 Å². The molecule has 0 spiro atoms. The molecule has 1 aliphatic rings. The van der Waals surface area contributed by atoms with Crippen molar-refractivity contribution in [3.05, 3.63) is 54.4 Å². The second-order valence-corrected chi connectivity index (χ2v) is 8.72. The molecular formula is C25H32N6O3. The molecule has 1 saturated heterocycles. The van der Waals surface area contributed by atoms with Crippen molar-refractivity contribution in [1.82, 2.24) is 24.7 Å². The average molecular weight is 465 g/mol. The zero-order chi connectivity index (χ0) is 24.2. The number of nitrogens with one attached hydrogen (secondary N) is 1. The highest BCUT2D eigenvalue weighted by molar-refractivity contribution is 5.84. The third-order valence-corrected chi connectivity index (χ3v) is 6.32. The second-order valence-electron chi connectivity index (χ2n) is 8.72. The Morgan fingerprint density at radius 3 is 2.53 bits per heavy atom. The first-order chi connectivity index (χ1) is 16.4. The molecule has 1 aliphatic heterocycles. The van der Waals surface area contributed by atoms with E-state index in [-0.39, 0.29) is 18.4 Å². The third-order valence-electron chi connectivity index (χ3n) is 6.32. The highest BCUT2D eigenvalue weighted by Crippen LogP contribution is 2.23. The van der Waals surface area contributed by atoms with Crippen LogP contribution in [0.1, 0.15) is 5.82 Å². The summed E-state index contributed by atoms with van der Waals surface area (Å²) in [5, 5.41) is 2.98. The number of hydrogen-bond acceptors (Lipinski definition) is 6. The Morgan fingerprint density at radius 2 is 1.85 bits per heavy atom. The minimum absolute atomic E-state index is 0.0126. The number of anilines is 1. The number of methoxy groups -OCH3 is 1. The van der Waals surface area contributed by atoms with Crippen LogP contribution in [0.4, 0.5) is 5.69 Å². The van der Waals surface area contributed by atoms with Crippen LogP contribution >= 0.6 is 0 Å². The maximum atomic E-state index is 13.0. The van der Waals surface area contributed by atoms with Crippen LogP contribution in [0.25, 0.3) is 11.0 Å². The Hall–Kier alpha value is -3.59. The highest BCUT2D eigenvalue weighted by atomic mass is 16.5. The number of ether oxygens (including phenoxy) is 1. The smallest absolute Gasteiger partial charge is 0.241 e. The molecule has 34 heavy (non-hydrogen) atoms. The van der Waals surface area contributed by atoms with Gasteiger partial charge in [-0.2, -0.15) is 0 Å². The standard InChI is InChI=1S/C25H32N6O3/c1-28(2)25(33)22-16-30(18-9-11-19(34-4)12-10-18)13-14-31(22)17-24(32)26-15-23-27-20-7-5-6-8-21(20)29(23)3/h5-12,22H,13-17H2,1-4H3,(H,26,32)/t22-/m1/s1. The van der Waals surface area contributed by atoms with E-state index in [0.717, 1.165) is 34.8 Å². The maximum Gasteiger partial charge on any atom is 0.241 e. The van der Waals surface area contributed by atoms with Crippen LogP contribution in [0.5, 0.6) is 5.75 Å². The minimum Gasteiger partial charge on any atom is -0.497 e. The molecule has 0 bridgehead atoms. The molecule has 1 atom stereocenters. The molecule has 4 rings (SSSR count). The van der Waals surface area contributed by atoms with Crippen LogP contribution in [0.15, 0.2) is 48.5 Å². The normalized spacial score (nSPS) is 16.5. The van der Waals surface area contributed by atoms with E-state index >= 15 is 0 Å². The summed E-state index contributed by atoms with van der Waals surface area (Å²) in [6, 6.07) is 15.3. The number of piperazine rings is 1. The molecule has 1 aromatic heterocycles. The van der Waals surface area contributed by atoms with Gasteiger partial charge in [0.15, 0.2) is 0 Å². The molecule has 1 N–H and O–H groups in total. The van der Waals surface area contributed by atoms with Crippen LogP contribution in [-0.4, -0.2) is 84.6 Å². The number of carbonyl (C=O) groups excluding carboxylic acids is 2. The third kappa shape index (κ3) is 4.99. The SMILES string of the molecule is COc1ccc(N2CCN(CC(=O)NCc3nc4ccccc4n3C)[C@@H](C(=O)N(C)C)C2)cc1. The number of benzene rings is 2. The molecule has 180 valence electrons. The molecule has 0 radical (unpaired) electrons. The monoisotopic (exact) mass is 464 g/mol. The van der Waals surface area contributed by atoms with Crippen LogP contribution in [0.2, 0.25) is 0 Å². The van der Waals surface area contributed by atoms with Gasteiger partial charge in [-0.25, -0.2) is 4.98 Å². The molecule has 3 aromatic rings. The average Bonchev–Trinajstić information content (AvgIpc) is 3.18.